The minimum atomic E-state index is -0.739. The SMILES string of the molecule is C=C[C@H](Cc1cccc(OC)c1)C[C@@H](C)CC(=O)O. The lowest BCUT2D eigenvalue weighted by molar-refractivity contribution is -0.138. The lowest BCUT2D eigenvalue weighted by Crippen LogP contribution is -2.11. The predicted octanol–water partition coefficient (Wildman–Crippen LogP) is 3.54. The van der Waals surface area contributed by atoms with Gasteiger partial charge in [-0.2, -0.15) is 0 Å². The summed E-state index contributed by atoms with van der Waals surface area (Å²) in [6.45, 7) is 5.82. The van der Waals surface area contributed by atoms with Crippen molar-refractivity contribution in [2.75, 3.05) is 7.11 Å². The number of hydrogen-bond donors (Lipinski definition) is 1. The summed E-state index contributed by atoms with van der Waals surface area (Å²) in [5.74, 6) is 0.558. The zero-order valence-electron chi connectivity index (χ0n) is 11.6. The van der Waals surface area contributed by atoms with Crippen molar-refractivity contribution in [3.05, 3.63) is 42.5 Å². The molecule has 1 aromatic carbocycles. The quantitative estimate of drug-likeness (QED) is 0.729. The van der Waals surface area contributed by atoms with Crippen molar-refractivity contribution in [2.45, 2.75) is 26.2 Å². The van der Waals surface area contributed by atoms with Crippen LogP contribution in [0.2, 0.25) is 0 Å². The Labute approximate surface area is 114 Å². The van der Waals surface area contributed by atoms with E-state index in [4.69, 9.17) is 9.84 Å². The molecule has 0 spiro atoms. The minimum absolute atomic E-state index is 0.158. The molecular weight excluding hydrogens is 240 g/mol. The molecule has 104 valence electrons. The standard InChI is InChI=1S/C16H22O3/c1-4-13(8-12(2)9-16(17)18)10-14-6-5-7-15(11-14)19-3/h4-7,11-13H,1,8-10H2,2-3H3,(H,17,18)/t12-,13+/m1/s1. The largest absolute Gasteiger partial charge is 0.497 e. The third-order valence-corrected chi connectivity index (χ3v) is 3.19. The van der Waals surface area contributed by atoms with Crippen molar-refractivity contribution in [1.29, 1.82) is 0 Å². The first kappa shape index (κ1) is 15.3. The Balaban J connectivity index is 2.60. The fraction of sp³-hybridized carbons (Fsp3) is 0.438. The molecule has 0 bridgehead atoms. The van der Waals surface area contributed by atoms with E-state index in [9.17, 15) is 4.79 Å². The fourth-order valence-electron chi connectivity index (χ4n) is 2.26. The Morgan fingerprint density at radius 1 is 1.53 bits per heavy atom. The number of carbonyl (C=O) groups is 1. The van der Waals surface area contributed by atoms with Gasteiger partial charge in [0.05, 0.1) is 7.11 Å². The first-order valence-corrected chi connectivity index (χ1v) is 6.52. The van der Waals surface area contributed by atoms with Crippen LogP contribution in [0.3, 0.4) is 0 Å². The summed E-state index contributed by atoms with van der Waals surface area (Å²) in [5.41, 5.74) is 1.19. The Hall–Kier alpha value is -1.77. The average Bonchev–Trinajstić information content (AvgIpc) is 2.37. The van der Waals surface area contributed by atoms with Crippen LogP contribution in [-0.2, 0) is 11.2 Å². The number of rotatable bonds is 8. The first-order valence-electron chi connectivity index (χ1n) is 6.52. The molecular formula is C16H22O3. The number of carboxylic acids is 1. The van der Waals surface area contributed by atoms with Gasteiger partial charge in [0.1, 0.15) is 5.75 Å². The van der Waals surface area contributed by atoms with Gasteiger partial charge in [0.15, 0.2) is 0 Å². The summed E-state index contributed by atoms with van der Waals surface area (Å²) in [4.78, 5) is 10.7. The molecule has 3 heteroatoms. The number of hydrogen-bond acceptors (Lipinski definition) is 2. The van der Waals surface area contributed by atoms with Crippen LogP contribution < -0.4 is 4.74 Å². The molecule has 2 atom stereocenters. The fourth-order valence-corrected chi connectivity index (χ4v) is 2.26. The Bertz CT molecular complexity index is 426. The number of aliphatic carboxylic acids is 1. The second-order valence-electron chi connectivity index (χ2n) is 4.99. The third-order valence-electron chi connectivity index (χ3n) is 3.19. The van der Waals surface area contributed by atoms with Crippen molar-refractivity contribution in [1.82, 2.24) is 0 Å². The molecule has 0 unspecified atom stereocenters. The van der Waals surface area contributed by atoms with Crippen molar-refractivity contribution in [3.63, 3.8) is 0 Å². The molecule has 0 saturated carbocycles. The summed E-state index contributed by atoms with van der Waals surface area (Å²) >= 11 is 0. The van der Waals surface area contributed by atoms with Gasteiger partial charge in [-0.15, -0.1) is 6.58 Å². The van der Waals surface area contributed by atoms with Gasteiger partial charge in [-0.3, -0.25) is 4.79 Å². The molecule has 19 heavy (non-hydrogen) atoms. The van der Waals surface area contributed by atoms with Crippen LogP contribution in [0.1, 0.15) is 25.3 Å². The third kappa shape index (κ3) is 5.60. The Morgan fingerprint density at radius 2 is 2.26 bits per heavy atom. The lowest BCUT2D eigenvalue weighted by atomic mass is 9.89. The maximum atomic E-state index is 10.7. The van der Waals surface area contributed by atoms with Gasteiger partial charge in [-0.05, 0) is 42.4 Å². The van der Waals surface area contributed by atoms with E-state index in [1.165, 1.54) is 5.56 Å². The van der Waals surface area contributed by atoms with E-state index >= 15 is 0 Å². The summed E-state index contributed by atoms with van der Waals surface area (Å²) < 4.78 is 5.20. The number of allylic oxidation sites excluding steroid dienone is 1. The molecule has 0 saturated heterocycles. The highest BCUT2D eigenvalue weighted by Crippen LogP contribution is 2.22. The minimum Gasteiger partial charge on any atom is -0.497 e. The highest BCUT2D eigenvalue weighted by atomic mass is 16.5. The maximum absolute atomic E-state index is 10.7. The van der Waals surface area contributed by atoms with Crippen LogP contribution in [0.4, 0.5) is 0 Å². The monoisotopic (exact) mass is 262 g/mol. The van der Waals surface area contributed by atoms with Crippen LogP contribution in [0.15, 0.2) is 36.9 Å². The molecule has 3 nitrogen and oxygen atoms in total. The van der Waals surface area contributed by atoms with Crippen molar-refractivity contribution < 1.29 is 14.6 Å². The van der Waals surface area contributed by atoms with E-state index < -0.39 is 5.97 Å². The van der Waals surface area contributed by atoms with Crippen LogP contribution in [0.5, 0.6) is 5.75 Å². The summed E-state index contributed by atoms with van der Waals surface area (Å²) in [7, 11) is 1.65. The van der Waals surface area contributed by atoms with Gasteiger partial charge in [-0.1, -0.05) is 25.1 Å². The van der Waals surface area contributed by atoms with Crippen LogP contribution >= 0.6 is 0 Å². The normalized spacial score (nSPS) is 13.6. The number of benzene rings is 1. The first-order chi connectivity index (χ1) is 9.05. The van der Waals surface area contributed by atoms with Gasteiger partial charge in [-0.25, -0.2) is 0 Å². The van der Waals surface area contributed by atoms with E-state index in [2.05, 4.69) is 12.6 Å². The zero-order valence-corrected chi connectivity index (χ0v) is 11.6. The molecule has 0 aliphatic rings. The zero-order chi connectivity index (χ0) is 14.3. The predicted molar refractivity (Wildman–Crippen MR) is 76.4 cm³/mol. The summed E-state index contributed by atoms with van der Waals surface area (Å²) in [6.07, 6.45) is 3.83. The smallest absolute Gasteiger partial charge is 0.303 e. The van der Waals surface area contributed by atoms with E-state index in [-0.39, 0.29) is 12.3 Å². The average molecular weight is 262 g/mol. The molecule has 1 N–H and O–H groups in total. The molecule has 0 aliphatic carbocycles. The molecule has 0 aliphatic heterocycles. The van der Waals surface area contributed by atoms with Crippen molar-refractivity contribution in [3.8, 4) is 5.75 Å². The van der Waals surface area contributed by atoms with Crippen LogP contribution in [-0.4, -0.2) is 18.2 Å². The molecule has 0 heterocycles. The number of carboxylic acid groups (broad SMARTS) is 1. The van der Waals surface area contributed by atoms with E-state index in [1.54, 1.807) is 7.11 Å². The van der Waals surface area contributed by atoms with Crippen LogP contribution in [0, 0.1) is 11.8 Å². The van der Waals surface area contributed by atoms with Gasteiger partial charge in [0.2, 0.25) is 0 Å². The number of methoxy groups -OCH3 is 1. The van der Waals surface area contributed by atoms with E-state index in [0.717, 1.165) is 18.6 Å². The second-order valence-corrected chi connectivity index (χ2v) is 4.99. The number of ether oxygens (including phenoxy) is 1. The van der Waals surface area contributed by atoms with Gasteiger partial charge < -0.3 is 9.84 Å². The Morgan fingerprint density at radius 3 is 2.84 bits per heavy atom. The lowest BCUT2D eigenvalue weighted by Gasteiger charge is -2.17. The maximum Gasteiger partial charge on any atom is 0.303 e. The molecule has 0 aromatic heterocycles. The van der Waals surface area contributed by atoms with Crippen LogP contribution in [0.25, 0.3) is 0 Å². The summed E-state index contributed by atoms with van der Waals surface area (Å²) in [5, 5.41) is 8.79. The second kappa shape index (κ2) is 7.62. The Kier molecular flexibility index (Phi) is 6.13. The molecule has 0 fully saturated rings. The molecule has 0 radical (unpaired) electrons. The van der Waals surface area contributed by atoms with Gasteiger partial charge in [0, 0.05) is 6.42 Å². The van der Waals surface area contributed by atoms with Crippen molar-refractivity contribution in [2.24, 2.45) is 11.8 Å². The van der Waals surface area contributed by atoms with E-state index in [0.29, 0.717) is 5.92 Å². The van der Waals surface area contributed by atoms with E-state index in [1.807, 2.05) is 31.2 Å². The molecule has 0 amide bonds. The topological polar surface area (TPSA) is 46.5 Å². The highest BCUT2D eigenvalue weighted by molar-refractivity contribution is 5.66. The highest BCUT2D eigenvalue weighted by Gasteiger charge is 2.14. The van der Waals surface area contributed by atoms with Crippen molar-refractivity contribution >= 4 is 5.97 Å². The molecule has 1 rings (SSSR count). The van der Waals surface area contributed by atoms with Gasteiger partial charge in [0.25, 0.3) is 0 Å². The summed E-state index contributed by atoms with van der Waals surface area (Å²) in [6, 6.07) is 7.95. The van der Waals surface area contributed by atoms with Gasteiger partial charge >= 0.3 is 5.97 Å². The molecule has 1 aromatic rings.